The molecule has 0 amide bonds. The third-order valence-corrected chi connectivity index (χ3v) is 6.99. The highest BCUT2D eigenvalue weighted by atomic mass is 35.5. The van der Waals surface area contributed by atoms with E-state index in [0.29, 0.717) is 30.2 Å². The zero-order valence-corrected chi connectivity index (χ0v) is 16.2. The Hall–Kier alpha value is -2.09. The van der Waals surface area contributed by atoms with Crippen molar-refractivity contribution in [3.63, 3.8) is 0 Å². The van der Waals surface area contributed by atoms with Gasteiger partial charge >= 0.3 is 5.76 Å². The summed E-state index contributed by atoms with van der Waals surface area (Å²) in [6.07, 6.45) is 2.79. The highest BCUT2D eigenvalue weighted by molar-refractivity contribution is 7.89. The Kier molecular flexibility index (Phi) is 4.84. The maximum atomic E-state index is 12.8. The Bertz CT molecular complexity index is 1130. The second-order valence-corrected chi connectivity index (χ2v) is 9.05. The summed E-state index contributed by atoms with van der Waals surface area (Å²) in [6, 6.07) is 11.8. The van der Waals surface area contributed by atoms with Crippen molar-refractivity contribution >= 4 is 32.7 Å². The second-order valence-electron chi connectivity index (χ2n) is 6.67. The lowest BCUT2D eigenvalue weighted by atomic mass is 10.2. The lowest BCUT2D eigenvalue weighted by molar-refractivity contribution is 0.346. The first-order valence-corrected chi connectivity index (χ1v) is 10.6. The van der Waals surface area contributed by atoms with Gasteiger partial charge in [0.25, 0.3) is 0 Å². The number of aromatic nitrogens is 1. The van der Waals surface area contributed by atoms with E-state index in [2.05, 4.69) is 0 Å². The molecule has 1 aliphatic rings. The van der Waals surface area contributed by atoms with E-state index in [1.807, 2.05) is 12.1 Å². The zero-order valence-electron chi connectivity index (χ0n) is 14.6. The van der Waals surface area contributed by atoms with Crippen LogP contribution < -0.4 is 5.76 Å². The summed E-state index contributed by atoms with van der Waals surface area (Å²) >= 11 is 5.90. The zero-order chi connectivity index (χ0) is 19.0. The van der Waals surface area contributed by atoms with Crippen LogP contribution in [0.4, 0.5) is 0 Å². The number of halogens is 1. The van der Waals surface area contributed by atoms with E-state index in [9.17, 15) is 13.2 Å². The van der Waals surface area contributed by atoms with Crippen molar-refractivity contribution in [2.24, 2.45) is 0 Å². The molecule has 0 saturated carbocycles. The van der Waals surface area contributed by atoms with Gasteiger partial charge in [-0.15, -0.1) is 0 Å². The summed E-state index contributed by atoms with van der Waals surface area (Å²) < 4.78 is 34.0. The minimum atomic E-state index is -3.57. The van der Waals surface area contributed by atoms with Crippen molar-refractivity contribution in [1.82, 2.24) is 8.87 Å². The topological polar surface area (TPSA) is 72.5 Å². The van der Waals surface area contributed by atoms with Crippen molar-refractivity contribution in [3.05, 3.63) is 63.6 Å². The third-order valence-electron chi connectivity index (χ3n) is 4.85. The minimum Gasteiger partial charge on any atom is -0.408 e. The van der Waals surface area contributed by atoms with Crippen molar-refractivity contribution in [2.75, 3.05) is 13.1 Å². The molecule has 0 N–H and O–H groups in total. The number of rotatable bonds is 4. The van der Waals surface area contributed by atoms with Crippen molar-refractivity contribution in [3.8, 4) is 0 Å². The molecule has 8 heteroatoms. The second kappa shape index (κ2) is 7.14. The number of hydrogen-bond donors (Lipinski definition) is 0. The molecular formula is C19H19ClN2O4S. The van der Waals surface area contributed by atoms with Crippen LogP contribution >= 0.6 is 11.6 Å². The van der Waals surface area contributed by atoms with Gasteiger partial charge in [0.15, 0.2) is 5.58 Å². The molecule has 1 aromatic heterocycles. The summed E-state index contributed by atoms with van der Waals surface area (Å²) in [4.78, 5) is 12.4. The van der Waals surface area contributed by atoms with Crippen LogP contribution in [0.1, 0.15) is 24.8 Å². The summed E-state index contributed by atoms with van der Waals surface area (Å²) in [6.45, 7) is 1.38. The van der Waals surface area contributed by atoms with E-state index in [-0.39, 0.29) is 10.5 Å². The van der Waals surface area contributed by atoms with Crippen LogP contribution in [0.3, 0.4) is 0 Å². The number of benzene rings is 2. The molecule has 0 spiro atoms. The van der Waals surface area contributed by atoms with Gasteiger partial charge in [-0.1, -0.05) is 30.2 Å². The molecule has 0 unspecified atom stereocenters. The molecule has 27 heavy (non-hydrogen) atoms. The van der Waals surface area contributed by atoms with E-state index >= 15 is 0 Å². The number of fused-ring (bicyclic) bond motifs is 1. The smallest absolute Gasteiger partial charge is 0.408 e. The molecule has 4 rings (SSSR count). The molecule has 2 heterocycles. The maximum absolute atomic E-state index is 12.8. The molecule has 2 aromatic carbocycles. The molecule has 3 aromatic rings. The normalized spacial score (nSPS) is 16.0. The molecule has 6 nitrogen and oxygen atoms in total. The number of hydrogen-bond acceptors (Lipinski definition) is 4. The van der Waals surface area contributed by atoms with Gasteiger partial charge in [-0.25, -0.2) is 13.2 Å². The fraction of sp³-hybridized carbons (Fsp3) is 0.316. The number of piperidine rings is 1. The average Bonchev–Trinajstić information content (AvgIpc) is 2.99. The quantitative estimate of drug-likeness (QED) is 0.665. The maximum Gasteiger partial charge on any atom is 0.420 e. The largest absolute Gasteiger partial charge is 0.420 e. The summed E-state index contributed by atoms with van der Waals surface area (Å²) in [5.74, 6) is -0.521. The number of sulfonamides is 1. The Labute approximate surface area is 162 Å². The van der Waals surface area contributed by atoms with E-state index < -0.39 is 15.8 Å². The summed E-state index contributed by atoms with van der Waals surface area (Å²) in [5, 5.41) is 0.621. The molecule has 0 atom stereocenters. The van der Waals surface area contributed by atoms with Crippen molar-refractivity contribution in [1.29, 1.82) is 0 Å². The Morgan fingerprint density at radius 1 is 1.00 bits per heavy atom. The molecule has 1 saturated heterocycles. The standard InChI is InChI=1S/C19H19ClN2O4S/c20-15-6-4-14(5-7-15)13-22-17-9-8-16(12-18(17)26-19(22)23)27(24,25)21-10-2-1-3-11-21/h4-9,12H,1-3,10-11,13H2. The van der Waals surface area contributed by atoms with Crippen LogP contribution in [0.25, 0.3) is 11.1 Å². The molecule has 0 radical (unpaired) electrons. The predicted molar refractivity (Wildman–Crippen MR) is 104 cm³/mol. The van der Waals surface area contributed by atoms with Gasteiger partial charge in [0.05, 0.1) is 17.0 Å². The van der Waals surface area contributed by atoms with E-state index in [1.54, 1.807) is 24.3 Å². The summed E-state index contributed by atoms with van der Waals surface area (Å²) in [7, 11) is -3.57. The molecule has 1 aliphatic heterocycles. The van der Waals surface area contributed by atoms with Crippen LogP contribution in [-0.4, -0.2) is 30.4 Å². The van der Waals surface area contributed by atoms with Crippen LogP contribution in [0, 0.1) is 0 Å². The molecular weight excluding hydrogens is 388 g/mol. The van der Waals surface area contributed by atoms with Gasteiger partial charge in [0.2, 0.25) is 10.0 Å². The van der Waals surface area contributed by atoms with Crippen LogP contribution in [0.2, 0.25) is 5.02 Å². The monoisotopic (exact) mass is 406 g/mol. The van der Waals surface area contributed by atoms with Crippen molar-refractivity contribution in [2.45, 2.75) is 30.7 Å². The lowest BCUT2D eigenvalue weighted by Crippen LogP contribution is -2.35. The van der Waals surface area contributed by atoms with Gasteiger partial charge < -0.3 is 4.42 Å². The average molecular weight is 407 g/mol. The van der Waals surface area contributed by atoms with Crippen LogP contribution in [0.5, 0.6) is 0 Å². The molecule has 0 bridgehead atoms. The third kappa shape index (κ3) is 3.54. The Balaban J connectivity index is 1.70. The summed E-state index contributed by atoms with van der Waals surface area (Å²) in [5.41, 5.74) is 1.73. The number of oxazole rings is 1. The fourth-order valence-corrected chi connectivity index (χ4v) is 5.04. The van der Waals surface area contributed by atoms with Gasteiger partial charge in [0.1, 0.15) is 0 Å². The Morgan fingerprint density at radius 3 is 2.41 bits per heavy atom. The first kappa shape index (κ1) is 18.3. The van der Waals surface area contributed by atoms with Gasteiger partial charge in [-0.05, 0) is 42.7 Å². The number of nitrogens with zero attached hydrogens (tertiary/aromatic N) is 2. The lowest BCUT2D eigenvalue weighted by Gasteiger charge is -2.25. The molecule has 142 valence electrons. The van der Waals surface area contributed by atoms with Crippen molar-refractivity contribution < 1.29 is 12.8 Å². The first-order valence-electron chi connectivity index (χ1n) is 8.83. The van der Waals surface area contributed by atoms with Gasteiger partial charge in [-0.3, -0.25) is 4.57 Å². The van der Waals surface area contributed by atoms with Gasteiger partial charge in [-0.2, -0.15) is 4.31 Å². The van der Waals surface area contributed by atoms with Crippen LogP contribution in [0.15, 0.2) is 56.6 Å². The van der Waals surface area contributed by atoms with E-state index in [4.69, 9.17) is 16.0 Å². The predicted octanol–water partition coefficient (Wildman–Crippen LogP) is 3.47. The van der Waals surface area contributed by atoms with E-state index in [1.165, 1.54) is 14.9 Å². The fourth-order valence-electron chi connectivity index (χ4n) is 3.38. The first-order chi connectivity index (χ1) is 12.9. The van der Waals surface area contributed by atoms with Gasteiger partial charge in [0, 0.05) is 24.2 Å². The highest BCUT2D eigenvalue weighted by Gasteiger charge is 2.26. The van der Waals surface area contributed by atoms with Crippen LogP contribution in [-0.2, 0) is 16.6 Å². The molecule has 0 aliphatic carbocycles. The minimum absolute atomic E-state index is 0.157. The Morgan fingerprint density at radius 2 is 1.70 bits per heavy atom. The SMILES string of the molecule is O=c1oc2cc(S(=O)(=O)N3CCCCC3)ccc2n1Cc1ccc(Cl)cc1. The molecule has 1 fully saturated rings. The highest BCUT2D eigenvalue weighted by Crippen LogP contribution is 2.24. The van der Waals surface area contributed by atoms with E-state index in [0.717, 1.165) is 24.8 Å².